The number of aliphatic hydroxyl groups excluding tert-OH is 1. The summed E-state index contributed by atoms with van der Waals surface area (Å²) in [5, 5.41) is 21.5. The lowest BCUT2D eigenvalue weighted by molar-refractivity contribution is -0.153. The van der Waals surface area contributed by atoms with Crippen molar-refractivity contribution in [1.29, 1.82) is 0 Å². The van der Waals surface area contributed by atoms with Crippen LogP contribution in [0.3, 0.4) is 0 Å². The van der Waals surface area contributed by atoms with E-state index in [-0.39, 0.29) is 17.9 Å². The van der Waals surface area contributed by atoms with Crippen molar-refractivity contribution < 1.29 is 38.8 Å². The molecule has 2 fully saturated rings. The van der Waals surface area contributed by atoms with E-state index in [1.165, 1.54) is 24.0 Å². The Morgan fingerprint density at radius 1 is 1.18 bits per heavy atom. The number of fused-ring (bicyclic) bond motifs is 5. The lowest BCUT2D eigenvalue weighted by atomic mass is 9.81. The second-order valence-electron chi connectivity index (χ2n) is 10.1. The van der Waals surface area contributed by atoms with Crippen molar-refractivity contribution >= 4 is 18.3 Å². The smallest absolute Gasteiger partial charge is 0.411 e. The standard InChI is InChI=1S/C24H32N2O8/c1-11-20(32-5)13-8-15-14-7-12(9-27)18(26(14)23(31)34-24(2,3)4)22(30)25(15)16(10-28)17(13)19(29)21(11)33-6/h9,12,14-16,18,28-29H,7-8,10H2,1-6H3/t12-,14+,15-,16-,18-/m0/s1. The fourth-order valence-electron chi connectivity index (χ4n) is 5.90. The molecule has 10 heteroatoms. The lowest BCUT2D eigenvalue weighted by Gasteiger charge is -2.52. The molecule has 3 aliphatic rings. The van der Waals surface area contributed by atoms with Gasteiger partial charge in [0.2, 0.25) is 5.91 Å². The number of phenolic OH excluding ortho intramolecular Hbond substituents is 1. The third-order valence-corrected chi connectivity index (χ3v) is 7.08. The normalized spacial score (nSPS) is 27.7. The largest absolute Gasteiger partial charge is 0.504 e. The van der Waals surface area contributed by atoms with Crippen LogP contribution < -0.4 is 9.47 Å². The molecule has 3 aliphatic heterocycles. The average molecular weight is 477 g/mol. The number of piperazine rings is 1. The number of benzene rings is 1. The summed E-state index contributed by atoms with van der Waals surface area (Å²) in [6, 6.07) is -2.95. The molecule has 2 amide bonds. The van der Waals surface area contributed by atoms with Crippen LogP contribution in [-0.2, 0) is 20.7 Å². The molecular formula is C24H32N2O8. The van der Waals surface area contributed by atoms with Crippen LogP contribution in [0.2, 0.25) is 0 Å². The third kappa shape index (κ3) is 3.38. The predicted octanol–water partition coefficient (Wildman–Crippen LogP) is 1.71. The summed E-state index contributed by atoms with van der Waals surface area (Å²) in [6.07, 6.45) is 0.635. The van der Waals surface area contributed by atoms with Crippen molar-refractivity contribution in [2.75, 3.05) is 20.8 Å². The van der Waals surface area contributed by atoms with Gasteiger partial charge in [0.15, 0.2) is 11.5 Å². The number of carbonyl (C=O) groups is 3. The Hall–Kier alpha value is -3.01. The maximum atomic E-state index is 13.8. The second kappa shape index (κ2) is 8.33. The van der Waals surface area contributed by atoms with Gasteiger partial charge in [-0.2, -0.15) is 0 Å². The molecule has 1 aromatic rings. The fraction of sp³-hybridized carbons (Fsp3) is 0.625. The van der Waals surface area contributed by atoms with Crippen LogP contribution in [0.1, 0.15) is 49.9 Å². The minimum absolute atomic E-state index is 0.157. The van der Waals surface area contributed by atoms with Crippen LogP contribution in [0, 0.1) is 12.8 Å². The molecule has 2 bridgehead atoms. The fourth-order valence-corrected chi connectivity index (χ4v) is 5.90. The number of aliphatic hydroxyl groups is 1. The van der Waals surface area contributed by atoms with E-state index >= 15 is 0 Å². The number of methoxy groups -OCH3 is 2. The molecule has 1 aromatic carbocycles. The molecule has 0 aromatic heterocycles. The van der Waals surface area contributed by atoms with Crippen molar-refractivity contribution in [1.82, 2.24) is 9.80 Å². The molecule has 10 nitrogen and oxygen atoms in total. The topological polar surface area (TPSA) is 126 Å². The Bertz CT molecular complexity index is 1030. The van der Waals surface area contributed by atoms with Gasteiger partial charge >= 0.3 is 6.09 Å². The second-order valence-corrected chi connectivity index (χ2v) is 10.1. The van der Waals surface area contributed by atoms with E-state index in [0.717, 1.165) is 0 Å². The van der Waals surface area contributed by atoms with Crippen LogP contribution in [0.25, 0.3) is 0 Å². The zero-order valence-corrected chi connectivity index (χ0v) is 20.3. The molecule has 2 saturated heterocycles. The Balaban J connectivity index is 1.88. The summed E-state index contributed by atoms with van der Waals surface area (Å²) in [5.74, 6) is -0.601. The zero-order chi connectivity index (χ0) is 25.1. The Morgan fingerprint density at radius 3 is 2.35 bits per heavy atom. The van der Waals surface area contributed by atoms with Gasteiger partial charge < -0.3 is 34.1 Å². The van der Waals surface area contributed by atoms with Gasteiger partial charge in [-0.15, -0.1) is 0 Å². The summed E-state index contributed by atoms with van der Waals surface area (Å²) < 4.78 is 16.6. The van der Waals surface area contributed by atoms with Crippen LogP contribution in [0.4, 0.5) is 4.79 Å². The van der Waals surface area contributed by atoms with Crippen molar-refractivity contribution in [3.8, 4) is 17.2 Å². The quantitative estimate of drug-likeness (QED) is 0.629. The number of rotatable bonds is 4. The molecule has 4 rings (SSSR count). The predicted molar refractivity (Wildman–Crippen MR) is 120 cm³/mol. The minimum atomic E-state index is -1.03. The Morgan fingerprint density at radius 2 is 1.82 bits per heavy atom. The van der Waals surface area contributed by atoms with Crippen LogP contribution in [-0.4, -0.2) is 82.9 Å². The van der Waals surface area contributed by atoms with Gasteiger partial charge in [-0.25, -0.2) is 4.79 Å². The van der Waals surface area contributed by atoms with E-state index in [1.54, 1.807) is 27.7 Å². The van der Waals surface area contributed by atoms with E-state index in [2.05, 4.69) is 0 Å². The van der Waals surface area contributed by atoms with E-state index in [1.807, 2.05) is 0 Å². The number of ether oxygens (including phenoxy) is 3. The molecule has 34 heavy (non-hydrogen) atoms. The molecular weight excluding hydrogens is 444 g/mol. The van der Waals surface area contributed by atoms with Crippen molar-refractivity contribution in [3.05, 3.63) is 16.7 Å². The highest BCUT2D eigenvalue weighted by molar-refractivity contribution is 5.92. The van der Waals surface area contributed by atoms with E-state index in [4.69, 9.17) is 14.2 Å². The average Bonchev–Trinajstić information content (AvgIpc) is 3.11. The maximum Gasteiger partial charge on any atom is 0.411 e. The number of amides is 2. The number of nitrogens with zero attached hydrogens (tertiary/aromatic N) is 2. The molecule has 0 spiro atoms. The molecule has 3 heterocycles. The summed E-state index contributed by atoms with van der Waals surface area (Å²) in [6.45, 7) is 6.51. The van der Waals surface area contributed by atoms with E-state index in [0.29, 0.717) is 35.1 Å². The molecule has 0 aliphatic carbocycles. The van der Waals surface area contributed by atoms with E-state index in [9.17, 15) is 24.6 Å². The van der Waals surface area contributed by atoms with Crippen molar-refractivity contribution in [3.63, 3.8) is 0 Å². The van der Waals surface area contributed by atoms with Crippen LogP contribution in [0.15, 0.2) is 0 Å². The van der Waals surface area contributed by atoms with Crippen LogP contribution >= 0.6 is 0 Å². The lowest BCUT2D eigenvalue weighted by Crippen LogP contribution is -2.67. The first-order valence-electron chi connectivity index (χ1n) is 11.4. The van der Waals surface area contributed by atoms with Gasteiger partial charge in [-0.3, -0.25) is 9.69 Å². The highest BCUT2D eigenvalue weighted by Gasteiger charge is 2.61. The summed E-state index contributed by atoms with van der Waals surface area (Å²) in [4.78, 5) is 41.8. The number of hydrogen-bond donors (Lipinski definition) is 2. The number of aldehydes is 1. The molecule has 186 valence electrons. The van der Waals surface area contributed by atoms with Gasteiger partial charge in [-0.05, 0) is 40.5 Å². The first-order chi connectivity index (χ1) is 16.0. The Labute approximate surface area is 198 Å². The summed E-state index contributed by atoms with van der Waals surface area (Å²) in [5.41, 5.74) is 0.818. The van der Waals surface area contributed by atoms with Gasteiger partial charge in [0, 0.05) is 22.6 Å². The van der Waals surface area contributed by atoms with Crippen LogP contribution in [0.5, 0.6) is 17.2 Å². The number of aromatic hydroxyl groups is 1. The summed E-state index contributed by atoms with van der Waals surface area (Å²) >= 11 is 0. The van der Waals surface area contributed by atoms with E-state index < -0.39 is 54.3 Å². The van der Waals surface area contributed by atoms with Crippen molar-refractivity contribution in [2.24, 2.45) is 5.92 Å². The zero-order valence-electron chi connectivity index (χ0n) is 20.3. The van der Waals surface area contributed by atoms with Gasteiger partial charge in [0.25, 0.3) is 0 Å². The molecule has 5 atom stereocenters. The number of carbonyl (C=O) groups excluding carboxylic acids is 3. The van der Waals surface area contributed by atoms with Gasteiger partial charge in [-0.1, -0.05) is 0 Å². The van der Waals surface area contributed by atoms with Gasteiger partial charge in [0.1, 0.15) is 23.7 Å². The Kier molecular flexibility index (Phi) is 5.91. The first-order valence-corrected chi connectivity index (χ1v) is 11.4. The highest BCUT2D eigenvalue weighted by Crippen LogP contribution is 2.53. The first kappa shape index (κ1) is 24.1. The number of hydrogen-bond acceptors (Lipinski definition) is 8. The SMILES string of the molecule is COc1c(C)c(OC)c2c(c1O)[C@H](CO)N1C(=O)[C@@H]3[C@H](C=O)C[C@H]([C@@H]1C2)N3C(=O)OC(C)(C)C. The highest BCUT2D eigenvalue weighted by atomic mass is 16.6. The van der Waals surface area contributed by atoms with Gasteiger partial charge in [0.05, 0.1) is 39.0 Å². The maximum absolute atomic E-state index is 13.8. The molecule has 0 radical (unpaired) electrons. The minimum Gasteiger partial charge on any atom is -0.504 e. The third-order valence-electron chi connectivity index (χ3n) is 7.08. The number of phenols is 1. The monoisotopic (exact) mass is 476 g/mol. The van der Waals surface area contributed by atoms with Crippen molar-refractivity contribution in [2.45, 2.75) is 70.3 Å². The summed E-state index contributed by atoms with van der Waals surface area (Å²) in [7, 11) is 2.93. The molecule has 0 saturated carbocycles. The molecule has 0 unspecified atom stereocenters. The molecule has 2 N–H and O–H groups in total.